The van der Waals surface area contributed by atoms with Crippen LogP contribution in [-0.2, 0) is 6.54 Å². The van der Waals surface area contributed by atoms with Crippen molar-refractivity contribution in [1.29, 1.82) is 0 Å². The number of carbonyl (C=O) groups excluding carboxylic acids is 1. The molecule has 5 heteroatoms. The molecule has 132 valence electrons. The van der Waals surface area contributed by atoms with Gasteiger partial charge in [-0.25, -0.2) is 0 Å². The predicted octanol–water partition coefficient (Wildman–Crippen LogP) is 3.66. The van der Waals surface area contributed by atoms with Crippen LogP contribution < -0.4 is 15.6 Å². The fourth-order valence-electron chi connectivity index (χ4n) is 2.61. The first-order valence-electron chi connectivity index (χ1n) is 8.28. The Hall–Kier alpha value is -3.34. The maximum atomic E-state index is 12.2. The van der Waals surface area contributed by atoms with E-state index in [2.05, 4.69) is 5.32 Å². The zero-order chi connectivity index (χ0) is 18.5. The van der Waals surface area contributed by atoms with Gasteiger partial charge in [-0.3, -0.25) is 14.2 Å². The van der Waals surface area contributed by atoms with Gasteiger partial charge in [0.1, 0.15) is 5.75 Å². The van der Waals surface area contributed by atoms with Gasteiger partial charge in [-0.1, -0.05) is 6.07 Å². The minimum absolute atomic E-state index is 0.0446. The third-order valence-corrected chi connectivity index (χ3v) is 4.11. The molecule has 3 aromatic rings. The summed E-state index contributed by atoms with van der Waals surface area (Å²) in [6.07, 6.45) is 1.82. The van der Waals surface area contributed by atoms with Crippen LogP contribution in [0.3, 0.4) is 0 Å². The van der Waals surface area contributed by atoms with Crippen molar-refractivity contribution >= 4 is 11.5 Å². The van der Waals surface area contributed by atoms with Gasteiger partial charge in [-0.05, 0) is 61.0 Å². The second-order valence-corrected chi connectivity index (χ2v) is 5.93. The molecule has 0 bridgehead atoms. The Balaban J connectivity index is 1.76. The van der Waals surface area contributed by atoms with Gasteiger partial charge in [-0.2, -0.15) is 0 Å². The summed E-state index contributed by atoms with van der Waals surface area (Å²) in [5.41, 5.74) is 3.25. The topological polar surface area (TPSA) is 60.3 Å². The minimum atomic E-state index is -0.0928. The summed E-state index contributed by atoms with van der Waals surface area (Å²) >= 11 is 0. The summed E-state index contributed by atoms with van der Waals surface area (Å²) in [6.45, 7) is 2.11. The first-order valence-corrected chi connectivity index (χ1v) is 8.28. The van der Waals surface area contributed by atoms with Crippen molar-refractivity contribution in [1.82, 2.24) is 4.57 Å². The fourth-order valence-corrected chi connectivity index (χ4v) is 2.61. The third-order valence-electron chi connectivity index (χ3n) is 4.11. The van der Waals surface area contributed by atoms with E-state index in [4.69, 9.17) is 4.74 Å². The molecule has 2 aromatic carbocycles. The van der Waals surface area contributed by atoms with E-state index in [9.17, 15) is 9.59 Å². The van der Waals surface area contributed by atoms with Crippen LogP contribution >= 0.6 is 0 Å². The van der Waals surface area contributed by atoms with Crippen LogP contribution in [0.5, 0.6) is 5.75 Å². The highest BCUT2D eigenvalue weighted by Gasteiger charge is 2.03. The number of hydrogen-bond donors (Lipinski definition) is 1. The molecule has 0 aliphatic heterocycles. The van der Waals surface area contributed by atoms with Crippen LogP contribution in [0.1, 0.15) is 22.8 Å². The summed E-state index contributed by atoms with van der Waals surface area (Å²) in [4.78, 5) is 23.5. The van der Waals surface area contributed by atoms with Gasteiger partial charge in [0.2, 0.25) is 0 Å². The Labute approximate surface area is 151 Å². The third kappa shape index (κ3) is 4.00. The Kier molecular flexibility index (Phi) is 5.17. The van der Waals surface area contributed by atoms with Crippen molar-refractivity contribution in [3.05, 3.63) is 88.3 Å². The summed E-state index contributed by atoms with van der Waals surface area (Å²) in [5.74, 6) is 0.789. The molecule has 0 amide bonds. The molecule has 1 heterocycles. The molecule has 0 unspecified atom stereocenters. The summed E-state index contributed by atoms with van der Waals surface area (Å²) < 4.78 is 6.76. The molecular formula is C21H20N2O3. The molecule has 1 aromatic heterocycles. The van der Waals surface area contributed by atoms with Gasteiger partial charge in [0.25, 0.3) is 5.56 Å². The number of hydrogen-bond acceptors (Lipinski definition) is 4. The number of aromatic nitrogens is 1. The summed E-state index contributed by atoms with van der Waals surface area (Å²) in [7, 11) is 1.61. The van der Waals surface area contributed by atoms with Crippen LogP contribution in [0, 0.1) is 0 Å². The van der Waals surface area contributed by atoms with E-state index >= 15 is 0 Å². The molecule has 5 nitrogen and oxygen atoms in total. The smallest absolute Gasteiger partial charge is 0.255 e. The molecule has 0 spiro atoms. The Morgan fingerprint density at radius 1 is 1.00 bits per heavy atom. The van der Waals surface area contributed by atoms with Crippen LogP contribution in [-0.4, -0.2) is 17.5 Å². The highest BCUT2D eigenvalue weighted by Crippen LogP contribution is 2.15. The van der Waals surface area contributed by atoms with Crippen molar-refractivity contribution in [2.75, 3.05) is 12.4 Å². The first-order chi connectivity index (χ1) is 12.6. The number of methoxy groups -OCH3 is 1. The lowest BCUT2D eigenvalue weighted by Gasteiger charge is -2.11. The average Bonchev–Trinajstić information content (AvgIpc) is 2.68. The number of rotatable bonds is 6. The lowest BCUT2D eigenvalue weighted by atomic mass is 10.1. The highest BCUT2D eigenvalue weighted by molar-refractivity contribution is 5.94. The van der Waals surface area contributed by atoms with Gasteiger partial charge in [-0.15, -0.1) is 0 Å². The van der Waals surface area contributed by atoms with Gasteiger partial charge in [0, 0.05) is 35.7 Å². The number of nitrogens with zero attached hydrogens (tertiary/aromatic N) is 1. The number of anilines is 1. The first kappa shape index (κ1) is 17.5. The number of Topliss-reactive ketones (excluding diaryl/α,β-unsaturated/α-hetero) is 1. The van der Waals surface area contributed by atoms with E-state index in [-0.39, 0.29) is 11.3 Å². The summed E-state index contributed by atoms with van der Waals surface area (Å²) in [5, 5.41) is 3.30. The normalized spacial score (nSPS) is 10.4. The Morgan fingerprint density at radius 3 is 2.31 bits per heavy atom. The molecule has 0 saturated carbocycles. The molecular weight excluding hydrogens is 328 g/mol. The van der Waals surface area contributed by atoms with E-state index in [1.165, 1.54) is 0 Å². The standard InChI is InChI=1S/C21H20N2O3/c1-15(24)17-4-6-18(7-5-17)22-13-16-3-12-21(25)23(14-16)19-8-10-20(26-2)11-9-19/h3-12,14,22H,13H2,1-2H3. The molecule has 0 aliphatic carbocycles. The van der Waals surface area contributed by atoms with Gasteiger partial charge in [0.05, 0.1) is 7.11 Å². The number of carbonyl (C=O) groups is 1. The van der Waals surface area contributed by atoms with Crippen molar-refractivity contribution in [3.63, 3.8) is 0 Å². The van der Waals surface area contributed by atoms with E-state index in [1.54, 1.807) is 42.9 Å². The lowest BCUT2D eigenvalue weighted by molar-refractivity contribution is 0.101. The fraction of sp³-hybridized carbons (Fsp3) is 0.143. The quantitative estimate of drug-likeness (QED) is 0.691. The van der Waals surface area contributed by atoms with Crippen LogP contribution in [0.15, 0.2) is 71.7 Å². The SMILES string of the molecule is COc1ccc(-n2cc(CNc3ccc(C(C)=O)cc3)ccc2=O)cc1. The number of benzene rings is 2. The van der Waals surface area contributed by atoms with Crippen LogP contribution in [0.25, 0.3) is 5.69 Å². The number of ketones is 1. The summed E-state index contributed by atoms with van der Waals surface area (Å²) in [6, 6.07) is 18.0. The largest absolute Gasteiger partial charge is 0.497 e. The predicted molar refractivity (Wildman–Crippen MR) is 102 cm³/mol. The zero-order valence-corrected chi connectivity index (χ0v) is 14.7. The van der Waals surface area contributed by atoms with Crippen molar-refractivity contribution < 1.29 is 9.53 Å². The average molecular weight is 348 g/mol. The second kappa shape index (κ2) is 7.70. The van der Waals surface area contributed by atoms with Gasteiger partial charge >= 0.3 is 0 Å². The molecule has 0 aliphatic rings. The highest BCUT2D eigenvalue weighted by atomic mass is 16.5. The maximum Gasteiger partial charge on any atom is 0.255 e. The Morgan fingerprint density at radius 2 is 1.69 bits per heavy atom. The van der Waals surface area contributed by atoms with Crippen molar-refractivity contribution in [2.24, 2.45) is 0 Å². The number of ether oxygens (including phenoxy) is 1. The van der Waals surface area contributed by atoms with Crippen molar-refractivity contribution in [3.8, 4) is 11.4 Å². The molecule has 0 radical (unpaired) electrons. The Bertz CT molecular complexity index is 958. The molecule has 3 rings (SSSR count). The van der Waals surface area contributed by atoms with Gasteiger partial charge in [0.15, 0.2) is 5.78 Å². The monoisotopic (exact) mass is 348 g/mol. The molecule has 1 N–H and O–H groups in total. The maximum absolute atomic E-state index is 12.2. The van der Waals surface area contributed by atoms with E-state index in [1.807, 2.05) is 42.6 Å². The molecule has 0 atom stereocenters. The second-order valence-electron chi connectivity index (χ2n) is 5.93. The molecule has 0 saturated heterocycles. The van der Waals surface area contributed by atoms with Crippen LogP contribution in [0.4, 0.5) is 5.69 Å². The molecule has 0 fully saturated rings. The van der Waals surface area contributed by atoms with Crippen molar-refractivity contribution in [2.45, 2.75) is 13.5 Å². The minimum Gasteiger partial charge on any atom is -0.497 e. The van der Waals surface area contributed by atoms with E-state index in [0.29, 0.717) is 12.1 Å². The zero-order valence-electron chi connectivity index (χ0n) is 14.7. The van der Waals surface area contributed by atoms with Crippen LogP contribution in [0.2, 0.25) is 0 Å². The van der Waals surface area contributed by atoms with E-state index in [0.717, 1.165) is 22.7 Å². The lowest BCUT2D eigenvalue weighted by Crippen LogP contribution is -2.17. The van der Waals surface area contributed by atoms with Gasteiger partial charge < -0.3 is 10.1 Å². The number of nitrogens with one attached hydrogen (secondary N) is 1. The number of pyridine rings is 1. The van der Waals surface area contributed by atoms with E-state index < -0.39 is 0 Å². The molecule has 26 heavy (non-hydrogen) atoms.